The Morgan fingerprint density at radius 1 is 1.35 bits per heavy atom. The molecular weight excluding hydrogens is 328 g/mol. The number of ether oxygens (including phenoxy) is 1. The van der Waals surface area contributed by atoms with Gasteiger partial charge in [-0.15, -0.1) is 11.3 Å². The minimum Gasteiger partial charge on any atom is -0.497 e. The summed E-state index contributed by atoms with van der Waals surface area (Å²) in [7, 11) is 1.64. The number of aromatic nitrogens is 1. The zero-order valence-electron chi connectivity index (χ0n) is 12.7. The third kappa shape index (κ3) is 3.97. The van der Waals surface area contributed by atoms with Crippen molar-refractivity contribution in [2.45, 2.75) is 12.6 Å². The number of aliphatic hydroxyl groups is 1. The minimum absolute atomic E-state index is 0.0311. The summed E-state index contributed by atoms with van der Waals surface area (Å²) in [5.74, 6) is 0.792. The highest BCUT2D eigenvalue weighted by molar-refractivity contribution is 7.15. The van der Waals surface area contributed by atoms with Crippen LogP contribution in [0.1, 0.15) is 16.5 Å². The summed E-state index contributed by atoms with van der Waals surface area (Å²) in [5.41, 5.74) is 2.17. The second-order valence-corrected chi connectivity index (χ2v) is 6.93. The number of thiazole rings is 1. The van der Waals surface area contributed by atoms with Gasteiger partial charge < -0.3 is 15.2 Å². The summed E-state index contributed by atoms with van der Waals surface area (Å²) in [6.45, 7) is 0.702. The van der Waals surface area contributed by atoms with E-state index in [1.54, 1.807) is 29.8 Å². The molecule has 6 heteroatoms. The minimum atomic E-state index is -0.128. The Balaban J connectivity index is 1.66. The predicted octanol–water partition coefficient (Wildman–Crippen LogP) is 3.70. The standard InChI is InChI=1S/C17H18N2O2S2/c1-21-14-4-2-3-12(7-14)16(10-20)18-8-15-9-19-17(23-15)13-5-6-22-11-13/h2-7,9,11,16,18,20H,8,10H2,1H3/t16-/m0/s1. The van der Waals surface area contributed by atoms with E-state index in [2.05, 4.69) is 27.1 Å². The molecule has 3 aromatic rings. The van der Waals surface area contributed by atoms with Crippen molar-refractivity contribution in [1.29, 1.82) is 0 Å². The van der Waals surface area contributed by atoms with Crippen molar-refractivity contribution in [2.24, 2.45) is 0 Å². The first-order chi connectivity index (χ1) is 11.3. The number of nitrogens with one attached hydrogen (secondary N) is 1. The number of rotatable bonds is 7. The Kier molecular flexibility index (Phi) is 5.40. The fourth-order valence-corrected chi connectivity index (χ4v) is 3.85. The average molecular weight is 346 g/mol. The van der Waals surface area contributed by atoms with E-state index in [4.69, 9.17) is 4.74 Å². The first-order valence-corrected chi connectivity index (χ1v) is 9.01. The first kappa shape index (κ1) is 16.1. The molecule has 0 aliphatic rings. The third-order valence-corrected chi connectivity index (χ3v) is 5.25. The zero-order chi connectivity index (χ0) is 16.1. The average Bonchev–Trinajstić information content (AvgIpc) is 3.27. The number of aliphatic hydroxyl groups excluding tert-OH is 1. The topological polar surface area (TPSA) is 54.4 Å². The van der Waals surface area contributed by atoms with Gasteiger partial charge in [-0.25, -0.2) is 4.98 Å². The van der Waals surface area contributed by atoms with Crippen molar-refractivity contribution >= 4 is 22.7 Å². The van der Waals surface area contributed by atoms with Crippen molar-refractivity contribution in [1.82, 2.24) is 10.3 Å². The number of methoxy groups -OCH3 is 1. The lowest BCUT2D eigenvalue weighted by molar-refractivity contribution is 0.243. The Bertz CT molecular complexity index is 741. The summed E-state index contributed by atoms with van der Waals surface area (Å²) in [6, 6.07) is 9.70. The van der Waals surface area contributed by atoms with E-state index in [9.17, 15) is 5.11 Å². The molecule has 120 valence electrons. The van der Waals surface area contributed by atoms with Gasteiger partial charge in [-0.3, -0.25) is 0 Å². The molecule has 0 saturated carbocycles. The molecule has 0 unspecified atom stereocenters. The van der Waals surface area contributed by atoms with E-state index in [0.29, 0.717) is 6.54 Å². The summed E-state index contributed by atoms with van der Waals surface area (Å²) < 4.78 is 5.24. The van der Waals surface area contributed by atoms with Crippen molar-refractivity contribution in [2.75, 3.05) is 13.7 Å². The molecule has 0 spiro atoms. The molecule has 1 aromatic carbocycles. The van der Waals surface area contributed by atoms with Gasteiger partial charge in [0.2, 0.25) is 0 Å². The highest BCUT2D eigenvalue weighted by Crippen LogP contribution is 2.27. The van der Waals surface area contributed by atoms with Gasteiger partial charge in [0.25, 0.3) is 0 Å². The van der Waals surface area contributed by atoms with Gasteiger partial charge in [-0.1, -0.05) is 12.1 Å². The van der Waals surface area contributed by atoms with Crippen molar-refractivity contribution in [3.05, 3.63) is 57.7 Å². The van der Waals surface area contributed by atoms with Gasteiger partial charge in [0.1, 0.15) is 10.8 Å². The maximum atomic E-state index is 9.66. The highest BCUT2D eigenvalue weighted by Gasteiger charge is 2.12. The normalized spacial score (nSPS) is 12.3. The molecule has 2 N–H and O–H groups in total. The van der Waals surface area contributed by atoms with Crippen molar-refractivity contribution in [3.63, 3.8) is 0 Å². The van der Waals surface area contributed by atoms with Crippen LogP contribution in [0.25, 0.3) is 10.6 Å². The SMILES string of the molecule is COc1cccc([C@H](CO)NCc2cnc(-c3ccsc3)s2)c1. The zero-order valence-corrected chi connectivity index (χ0v) is 14.4. The molecule has 1 atom stereocenters. The van der Waals surface area contributed by atoms with Crippen molar-refractivity contribution < 1.29 is 9.84 Å². The molecule has 2 heterocycles. The molecule has 2 aromatic heterocycles. The second-order valence-electron chi connectivity index (χ2n) is 5.04. The van der Waals surface area contributed by atoms with E-state index >= 15 is 0 Å². The maximum Gasteiger partial charge on any atom is 0.124 e. The van der Waals surface area contributed by atoms with Gasteiger partial charge in [0.15, 0.2) is 0 Å². The first-order valence-electron chi connectivity index (χ1n) is 7.25. The summed E-state index contributed by atoms with van der Waals surface area (Å²) >= 11 is 3.35. The Morgan fingerprint density at radius 2 is 2.26 bits per heavy atom. The van der Waals surface area contributed by atoms with Crippen LogP contribution >= 0.6 is 22.7 Å². The van der Waals surface area contributed by atoms with Crippen LogP contribution in [0.2, 0.25) is 0 Å². The molecular formula is C17H18N2O2S2. The lowest BCUT2D eigenvalue weighted by Gasteiger charge is -2.16. The largest absolute Gasteiger partial charge is 0.497 e. The molecule has 0 fully saturated rings. The third-order valence-electron chi connectivity index (χ3n) is 3.52. The summed E-state index contributed by atoms with van der Waals surface area (Å²) in [5, 5.41) is 18.2. The summed E-state index contributed by atoms with van der Waals surface area (Å²) in [6.07, 6.45) is 1.89. The molecule has 0 radical (unpaired) electrons. The number of nitrogens with zero attached hydrogens (tertiary/aromatic N) is 1. The highest BCUT2D eigenvalue weighted by atomic mass is 32.1. The number of hydrogen-bond acceptors (Lipinski definition) is 6. The van der Waals surface area contributed by atoms with E-state index in [1.165, 1.54) is 0 Å². The molecule has 0 aliphatic carbocycles. The molecule has 0 amide bonds. The van der Waals surface area contributed by atoms with E-state index in [1.807, 2.05) is 30.5 Å². The molecule has 4 nitrogen and oxygen atoms in total. The number of benzene rings is 1. The Hall–Kier alpha value is -1.73. The van der Waals surface area contributed by atoms with Gasteiger partial charge in [-0.05, 0) is 29.1 Å². The van der Waals surface area contributed by atoms with E-state index < -0.39 is 0 Å². The lowest BCUT2D eigenvalue weighted by Crippen LogP contribution is -2.23. The van der Waals surface area contributed by atoms with Crippen LogP contribution in [0.5, 0.6) is 5.75 Å². The monoisotopic (exact) mass is 346 g/mol. The van der Waals surface area contributed by atoms with Gasteiger partial charge in [-0.2, -0.15) is 11.3 Å². The Labute approximate surface area is 143 Å². The Morgan fingerprint density at radius 3 is 3.00 bits per heavy atom. The molecule has 23 heavy (non-hydrogen) atoms. The van der Waals surface area contributed by atoms with Crippen molar-refractivity contribution in [3.8, 4) is 16.3 Å². The van der Waals surface area contributed by atoms with E-state index in [-0.39, 0.29) is 12.6 Å². The fourth-order valence-electron chi connectivity index (χ4n) is 2.28. The molecule has 3 rings (SSSR count). The lowest BCUT2D eigenvalue weighted by atomic mass is 10.1. The van der Waals surface area contributed by atoms with Gasteiger partial charge >= 0.3 is 0 Å². The quantitative estimate of drug-likeness (QED) is 0.685. The predicted molar refractivity (Wildman–Crippen MR) is 95.1 cm³/mol. The van der Waals surface area contributed by atoms with Crippen LogP contribution in [0, 0.1) is 0 Å². The van der Waals surface area contributed by atoms with Crippen LogP contribution in [-0.2, 0) is 6.54 Å². The molecule has 0 aliphatic heterocycles. The van der Waals surface area contributed by atoms with Gasteiger partial charge in [0, 0.05) is 28.6 Å². The number of hydrogen-bond donors (Lipinski definition) is 2. The fraction of sp³-hybridized carbons (Fsp3) is 0.235. The molecule has 0 saturated heterocycles. The van der Waals surface area contributed by atoms with Crippen LogP contribution < -0.4 is 10.1 Å². The molecule has 0 bridgehead atoms. The van der Waals surface area contributed by atoms with E-state index in [0.717, 1.165) is 26.8 Å². The van der Waals surface area contributed by atoms with Crippen LogP contribution in [0.3, 0.4) is 0 Å². The smallest absolute Gasteiger partial charge is 0.124 e. The van der Waals surface area contributed by atoms with Crippen LogP contribution in [0.15, 0.2) is 47.3 Å². The second kappa shape index (κ2) is 7.70. The van der Waals surface area contributed by atoms with Gasteiger partial charge in [0.05, 0.1) is 19.8 Å². The van der Waals surface area contributed by atoms with Crippen LogP contribution in [-0.4, -0.2) is 23.8 Å². The summed E-state index contributed by atoms with van der Waals surface area (Å²) in [4.78, 5) is 5.61. The maximum absolute atomic E-state index is 9.66. The van der Waals surface area contributed by atoms with Crippen LogP contribution in [0.4, 0.5) is 0 Å². The number of thiophene rings is 1.